The summed E-state index contributed by atoms with van der Waals surface area (Å²) in [6.07, 6.45) is 0. The Bertz CT molecular complexity index is 298. The number of hydrogen-bond donors (Lipinski definition) is 2. The molecule has 0 fully saturated rings. The lowest BCUT2D eigenvalue weighted by molar-refractivity contribution is -0.149. The zero-order chi connectivity index (χ0) is 12.9. The van der Waals surface area contributed by atoms with E-state index in [1.54, 1.807) is 0 Å². The van der Waals surface area contributed by atoms with Crippen LogP contribution in [-0.2, 0) is 19.1 Å². The van der Waals surface area contributed by atoms with Gasteiger partial charge >= 0.3 is 5.97 Å². The molecule has 0 aliphatic rings. The minimum Gasteiger partial charge on any atom is -0.467 e. The number of methoxy groups -OCH3 is 1. The van der Waals surface area contributed by atoms with Crippen molar-refractivity contribution in [1.82, 2.24) is 5.32 Å². The minimum absolute atomic E-state index is 0.327. The molecule has 0 unspecified atom stereocenters. The molecule has 0 rings (SSSR count). The fraction of sp³-hybridized carbons (Fsp3) is 0.700. The molecule has 6 nitrogen and oxygen atoms in total. The Kier molecular flexibility index (Phi) is 5.10. The molecule has 0 aromatic rings. The molecule has 6 heteroatoms. The number of aliphatic hydroxyl groups is 1. The molecule has 0 saturated carbocycles. The Morgan fingerprint density at radius 1 is 1.38 bits per heavy atom. The number of ether oxygens (including phenoxy) is 1. The van der Waals surface area contributed by atoms with Gasteiger partial charge in [0.15, 0.2) is 6.04 Å². The van der Waals surface area contributed by atoms with Crippen LogP contribution in [0.25, 0.3) is 0 Å². The smallest absolute Gasteiger partial charge is 0.330 e. The van der Waals surface area contributed by atoms with E-state index in [1.165, 1.54) is 20.8 Å². The maximum atomic E-state index is 11.6. The number of carbonyl (C=O) groups is 3. The fourth-order valence-corrected chi connectivity index (χ4v) is 0.820. The summed E-state index contributed by atoms with van der Waals surface area (Å²) in [5.41, 5.74) is -1.23. The van der Waals surface area contributed by atoms with Crippen molar-refractivity contribution in [1.29, 1.82) is 0 Å². The van der Waals surface area contributed by atoms with E-state index in [0.29, 0.717) is 0 Å². The summed E-state index contributed by atoms with van der Waals surface area (Å²) < 4.78 is 4.38. The number of aliphatic hydroxyl groups excluding tert-OH is 1. The molecule has 0 saturated heterocycles. The number of nitrogens with one attached hydrogen (secondary N) is 1. The van der Waals surface area contributed by atoms with Gasteiger partial charge in [-0.1, -0.05) is 0 Å². The van der Waals surface area contributed by atoms with Crippen molar-refractivity contribution in [2.24, 2.45) is 5.41 Å². The molecule has 16 heavy (non-hydrogen) atoms. The third kappa shape index (κ3) is 3.30. The molecule has 0 radical (unpaired) electrons. The zero-order valence-electron chi connectivity index (χ0n) is 9.86. The Balaban J connectivity index is 4.66. The second-order valence-electron chi connectivity index (χ2n) is 3.91. The van der Waals surface area contributed by atoms with Gasteiger partial charge in [0.1, 0.15) is 11.2 Å². The maximum absolute atomic E-state index is 11.6. The molecule has 0 heterocycles. The van der Waals surface area contributed by atoms with Crippen LogP contribution < -0.4 is 5.32 Å². The Morgan fingerprint density at radius 3 is 2.19 bits per heavy atom. The highest BCUT2D eigenvalue weighted by Crippen LogP contribution is 2.16. The van der Waals surface area contributed by atoms with E-state index < -0.39 is 29.9 Å². The van der Waals surface area contributed by atoms with Crippen LogP contribution in [0.2, 0.25) is 0 Å². The molecule has 0 bridgehead atoms. The topological polar surface area (TPSA) is 92.7 Å². The quantitative estimate of drug-likeness (QED) is 0.480. The first kappa shape index (κ1) is 14.6. The van der Waals surface area contributed by atoms with Gasteiger partial charge in [-0.15, -0.1) is 0 Å². The van der Waals surface area contributed by atoms with Gasteiger partial charge in [-0.25, -0.2) is 4.79 Å². The molecule has 0 aliphatic carbocycles. The predicted molar refractivity (Wildman–Crippen MR) is 55.5 cm³/mol. The number of ketones is 1. The number of amides is 1. The third-order valence-corrected chi connectivity index (χ3v) is 2.42. The van der Waals surface area contributed by atoms with E-state index in [-0.39, 0.29) is 5.78 Å². The Morgan fingerprint density at radius 2 is 1.88 bits per heavy atom. The second-order valence-corrected chi connectivity index (χ2v) is 3.91. The van der Waals surface area contributed by atoms with Gasteiger partial charge in [0, 0.05) is 0 Å². The van der Waals surface area contributed by atoms with Crippen molar-refractivity contribution in [3.8, 4) is 0 Å². The van der Waals surface area contributed by atoms with Crippen molar-refractivity contribution < 1.29 is 24.2 Å². The lowest BCUT2D eigenvalue weighted by Gasteiger charge is -2.23. The van der Waals surface area contributed by atoms with Gasteiger partial charge in [0.05, 0.1) is 13.7 Å². The lowest BCUT2D eigenvalue weighted by atomic mass is 9.87. The summed E-state index contributed by atoms with van der Waals surface area (Å²) in [6, 6.07) is -1.14. The van der Waals surface area contributed by atoms with Gasteiger partial charge in [-0.2, -0.15) is 0 Å². The summed E-state index contributed by atoms with van der Waals surface area (Å²) in [5.74, 6) is -1.70. The highest BCUT2D eigenvalue weighted by atomic mass is 16.5. The van der Waals surface area contributed by atoms with Gasteiger partial charge in [0.25, 0.3) is 0 Å². The van der Waals surface area contributed by atoms with Crippen LogP contribution in [0.15, 0.2) is 0 Å². The van der Waals surface area contributed by atoms with Crippen molar-refractivity contribution in [2.75, 3.05) is 13.7 Å². The highest BCUT2D eigenvalue weighted by molar-refractivity contribution is 6.05. The first-order valence-corrected chi connectivity index (χ1v) is 4.78. The number of carbonyl (C=O) groups excluding carboxylic acids is 3. The lowest BCUT2D eigenvalue weighted by Crippen LogP contribution is -2.50. The van der Waals surface area contributed by atoms with Crippen LogP contribution in [0.5, 0.6) is 0 Å². The Hall–Kier alpha value is -1.43. The van der Waals surface area contributed by atoms with Crippen LogP contribution in [0.1, 0.15) is 20.8 Å². The average molecular weight is 231 g/mol. The molecule has 0 aromatic carbocycles. The van der Waals surface area contributed by atoms with E-state index in [2.05, 4.69) is 10.1 Å². The fourth-order valence-electron chi connectivity index (χ4n) is 0.820. The van der Waals surface area contributed by atoms with E-state index in [0.717, 1.165) is 7.11 Å². The van der Waals surface area contributed by atoms with Gasteiger partial charge < -0.3 is 15.2 Å². The van der Waals surface area contributed by atoms with Gasteiger partial charge in [-0.3, -0.25) is 9.59 Å². The normalized spacial score (nSPS) is 12.8. The largest absolute Gasteiger partial charge is 0.467 e. The molecular formula is C10H17NO5. The minimum atomic E-state index is -1.23. The molecule has 1 amide bonds. The Labute approximate surface area is 94.0 Å². The molecule has 0 aliphatic heterocycles. The van der Waals surface area contributed by atoms with Crippen LogP contribution in [0, 0.1) is 5.41 Å². The van der Waals surface area contributed by atoms with E-state index in [4.69, 9.17) is 5.11 Å². The van der Waals surface area contributed by atoms with E-state index >= 15 is 0 Å². The van der Waals surface area contributed by atoms with Gasteiger partial charge in [-0.05, 0) is 20.8 Å². The van der Waals surface area contributed by atoms with Crippen molar-refractivity contribution in [3.63, 3.8) is 0 Å². The summed E-state index contributed by atoms with van der Waals surface area (Å²) in [4.78, 5) is 33.9. The van der Waals surface area contributed by atoms with Crippen molar-refractivity contribution in [3.05, 3.63) is 0 Å². The van der Waals surface area contributed by atoms with Crippen molar-refractivity contribution in [2.45, 2.75) is 26.8 Å². The average Bonchev–Trinajstić information content (AvgIpc) is 2.23. The number of rotatable bonds is 5. The van der Waals surface area contributed by atoms with Crippen LogP contribution >= 0.6 is 0 Å². The molecule has 0 spiro atoms. The number of Topliss-reactive ketones (excluding diaryl/α,β-unsaturated/α-hetero) is 1. The maximum Gasteiger partial charge on any atom is 0.330 e. The summed E-state index contributed by atoms with van der Waals surface area (Å²) in [6.45, 7) is 3.59. The molecule has 0 aromatic heterocycles. The first-order valence-electron chi connectivity index (χ1n) is 4.78. The summed E-state index contributed by atoms with van der Waals surface area (Å²) >= 11 is 0. The van der Waals surface area contributed by atoms with Crippen LogP contribution in [0.3, 0.4) is 0 Å². The predicted octanol–water partition coefficient (Wildman–Crippen LogP) is -0.748. The zero-order valence-corrected chi connectivity index (χ0v) is 9.86. The number of hydrogen-bond acceptors (Lipinski definition) is 5. The van der Waals surface area contributed by atoms with Gasteiger partial charge in [0.2, 0.25) is 5.91 Å². The number of esters is 1. The molecular weight excluding hydrogens is 214 g/mol. The molecule has 1 atom stereocenters. The van der Waals surface area contributed by atoms with Crippen LogP contribution in [0.4, 0.5) is 0 Å². The molecule has 92 valence electrons. The van der Waals surface area contributed by atoms with Crippen molar-refractivity contribution >= 4 is 17.7 Å². The second kappa shape index (κ2) is 5.60. The monoisotopic (exact) mass is 231 g/mol. The van der Waals surface area contributed by atoms with E-state index in [1.807, 2.05) is 0 Å². The summed E-state index contributed by atoms with van der Waals surface area (Å²) in [5, 5.41) is 11.1. The first-order chi connectivity index (χ1) is 7.27. The standard InChI is InChI=1S/C10H17NO5/c1-6(13)10(2,3)9(15)11-7(5-12)8(14)16-4/h7,12H,5H2,1-4H3,(H,11,15)/t7-/m0/s1. The molecule has 2 N–H and O–H groups in total. The summed E-state index contributed by atoms with van der Waals surface area (Å²) in [7, 11) is 1.15. The third-order valence-electron chi connectivity index (χ3n) is 2.42. The van der Waals surface area contributed by atoms with E-state index in [9.17, 15) is 14.4 Å². The highest BCUT2D eigenvalue weighted by Gasteiger charge is 2.35. The SMILES string of the molecule is COC(=O)[C@H](CO)NC(=O)C(C)(C)C(C)=O. The van der Waals surface area contributed by atoms with Crippen LogP contribution in [-0.4, -0.2) is 42.5 Å².